The first-order chi connectivity index (χ1) is 11.7. The fraction of sp³-hybridized carbons (Fsp3) is 0.455. The van der Waals surface area contributed by atoms with Gasteiger partial charge in [0.25, 0.3) is 0 Å². The molecule has 0 spiro atoms. The monoisotopic (exact) mass is 326 g/mol. The molecule has 0 heterocycles. The lowest BCUT2D eigenvalue weighted by Crippen LogP contribution is -2.14. The number of hydrogen-bond donors (Lipinski definition) is 1. The number of aryl methyl sites for hydroxylation is 1. The zero-order valence-electron chi connectivity index (χ0n) is 15.5. The van der Waals surface area contributed by atoms with Crippen molar-refractivity contribution in [1.29, 1.82) is 0 Å². The van der Waals surface area contributed by atoms with Crippen LogP contribution in [0, 0.1) is 0 Å². The van der Waals surface area contributed by atoms with Crippen molar-refractivity contribution < 1.29 is 0 Å². The fourth-order valence-corrected chi connectivity index (χ4v) is 2.47. The van der Waals surface area contributed by atoms with Crippen LogP contribution < -0.4 is 5.73 Å². The number of hydrogen-bond acceptors (Lipinski definition) is 2. The van der Waals surface area contributed by atoms with Crippen LogP contribution in [0.2, 0.25) is 0 Å². The van der Waals surface area contributed by atoms with E-state index in [1.165, 1.54) is 43.2 Å². The topological polar surface area (TPSA) is 29.3 Å². The number of nitrogens with zero attached hydrogens (tertiary/aromatic N) is 1. The number of rotatable bonds is 9. The summed E-state index contributed by atoms with van der Waals surface area (Å²) in [6.45, 7) is 1.97. The third kappa shape index (κ3) is 11.0. The molecule has 24 heavy (non-hydrogen) atoms. The molecule has 2 aromatic carbocycles. The lowest BCUT2D eigenvalue weighted by Gasteiger charge is -2.08. The van der Waals surface area contributed by atoms with E-state index in [0.717, 1.165) is 19.5 Å². The van der Waals surface area contributed by atoms with Gasteiger partial charge < -0.3 is 10.6 Å². The summed E-state index contributed by atoms with van der Waals surface area (Å²) < 4.78 is 0. The third-order valence-corrected chi connectivity index (χ3v) is 3.95. The molecule has 0 amide bonds. The van der Waals surface area contributed by atoms with Crippen molar-refractivity contribution in [2.24, 2.45) is 5.73 Å². The van der Waals surface area contributed by atoms with Crippen LogP contribution >= 0.6 is 0 Å². The quantitative estimate of drug-likeness (QED) is 0.686. The summed E-state index contributed by atoms with van der Waals surface area (Å²) in [7, 11) is 4.20. The maximum atomic E-state index is 5.42. The van der Waals surface area contributed by atoms with Crippen molar-refractivity contribution in [1.82, 2.24) is 4.90 Å². The Kier molecular flexibility index (Phi) is 11.7. The van der Waals surface area contributed by atoms with Gasteiger partial charge in [0, 0.05) is 6.54 Å². The molecule has 2 heteroatoms. The van der Waals surface area contributed by atoms with Gasteiger partial charge in [-0.1, -0.05) is 73.5 Å². The van der Waals surface area contributed by atoms with Crippen LogP contribution in [0.5, 0.6) is 0 Å². The summed E-state index contributed by atoms with van der Waals surface area (Å²) in [6.07, 6.45) is 7.42. The Balaban J connectivity index is 0.000000243. The van der Waals surface area contributed by atoms with Crippen LogP contribution in [0.1, 0.15) is 36.8 Å². The SMILES string of the molecule is CN(C)CCc1ccccc1.NCCCCCCc1ccccc1. The predicted molar refractivity (Wildman–Crippen MR) is 106 cm³/mol. The van der Waals surface area contributed by atoms with Gasteiger partial charge in [0.1, 0.15) is 0 Å². The normalized spacial score (nSPS) is 10.3. The van der Waals surface area contributed by atoms with Gasteiger partial charge in [0.15, 0.2) is 0 Å². The van der Waals surface area contributed by atoms with E-state index < -0.39 is 0 Å². The third-order valence-electron chi connectivity index (χ3n) is 3.95. The highest BCUT2D eigenvalue weighted by Crippen LogP contribution is 2.06. The largest absolute Gasteiger partial charge is 0.330 e. The molecule has 0 aliphatic carbocycles. The molecule has 0 saturated heterocycles. The summed E-state index contributed by atoms with van der Waals surface area (Å²) in [5.41, 5.74) is 8.29. The molecule has 0 atom stereocenters. The smallest absolute Gasteiger partial charge is 0.00157 e. The Morgan fingerprint density at radius 1 is 0.667 bits per heavy atom. The number of unbranched alkanes of at least 4 members (excludes halogenated alkanes) is 3. The second-order valence-electron chi connectivity index (χ2n) is 6.48. The van der Waals surface area contributed by atoms with Gasteiger partial charge in [-0.15, -0.1) is 0 Å². The number of likely N-dealkylation sites (N-methyl/N-ethyl adjacent to an activating group) is 1. The molecule has 0 unspecified atom stereocenters. The van der Waals surface area contributed by atoms with Gasteiger partial charge in [-0.3, -0.25) is 0 Å². The average molecular weight is 327 g/mol. The van der Waals surface area contributed by atoms with Crippen molar-refractivity contribution in [3.8, 4) is 0 Å². The first-order valence-corrected chi connectivity index (χ1v) is 9.15. The van der Waals surface area contributed by atoms with Gasteiger partial charge in [0.2, 0.25) is 0 Å². The summed E-state index contributed by atoms with van der Waals surface area (Å²) in [6, 6.07) is 21.2. The van der Waals surface area contributed by atoms with Gasteiger partial charge in [-0.05, 0) is 57.5 Å². The lowest BCUT2D eigenvalue weighted by molar-refractivity contribution is 0.413. The Morgan fingerprint density at radius 2 is 1.17 bits per heavy atom. The minimum atomic E-state index is 0.839. The van der Waals surface area contributed by atoms with Crippen molar-refractivity contribution in [3.63, 3.8) is 0 Å². The Labute approximate surface area is 148 Å². The molecule has 0 saturated carbocycles. The predicted octanol–water partition coefficient (Wildman–Crippen LogP) is 4.54. The maximum absolute atomic E-state index is 5.42. The highest BCUT2D eigenvalue weighted by atomic mass is 15.0. The second-order valence-corrected chi connectivity index (χ2v) is 6.48. The van der Waals surface area contributed by atoms with E-state index in [0.29, 0.717) is 0 Å². The zero-order valence-corrected chi connectivity index (χ0v) is 15.5. The van der Waals surface area contributed by atoms with Crippen LogP contribution in [0.3, 0.4) is 0 Å². The minimum Gasteiger partial charge on any atom is -0.330 e. The van der Waals surface area contributed by atoms with Gasteiger partial charge >= 0.3 is 0 Å². The van der Waals surface area contributed by atoms with Crippen LogP contribution in [0.4, 0.5) is 0 Å². The number of nitrogens with two attached hydrogens (primary N) is 1. The van der Waals surface area contributed by atoms with E-state index >= 15 is 0 Å². The van der Waals surface area contributed by atoms with Crippen LogP contribution in [0.15, 0.2) is 60.7 Å². The second kappa shape index (κ2) is 13.8. The van der Waals surface area contributed by atoms with E-state index in [9.17, 15) is 0 Å². The Morgan fingerprint density at radius 3 is 1.67 bits per heavy atom. The summed E-state index contributed by atoms with van der Waals surface area (Å²) in [4.78, 5) is 2.20. The maximum Gasteiger partial charge on any atom is 0.00157 e. The van der Waals surface area contributed by atoms with Crippen LogP contribution in [-0.4, -0.2) is 32.1 Å². The standard InChI is InChI=1S/C12H19N.C10H15N/c13-11-7-2-1-4-8-12-9-5-3-6-10-12;1-11(2)9-8-10-6-4-3-5-7-10/h3,5-6,9-10H,1-2,4,7-8,11,13H2;3-7H,8-9H2,1-2H3. The first kappa shape index (κ1) is 20.4. The molecule has 2 aromatic rings. The van der Waals surface area contributed by atoms with Crippen molar-refractivity contribution >= 4 is 0 Å². The molecule has 0 fully saturated rings. The van der Waals surface area contributed by atoms with E-state index in [1.807, 2.05) is 0 Å². The van der Waals surface area contributed by atoms with Crippen molar-refractivity contribution in [2.75, 3.05) is 27.2 Å². The lowest BCUT2D eigenvalue weighted by atomic mass is 10.1. The molecule has 2 nitrogen and oxygen atoms in total. The summed E-state index contributed by atoms with van der Waals surface area (Å²) in [5.74, 6) is 0. The first-order valence-electron chi connectivity index (χ1n) is 9.15. The summed E-state index contributed by atoms with van der Waals surface area (Å²) >= 11 is 0. The molecule has 0 aliphatic rings. The molecule has 2 N–H and O–H groups in total. The van der Waals surface area contributed by atoms with Crippen molar-refractivity contribution in [3.05, 3.63) is 71.8 Å². The van der Waals surface area contributed by atoms with Crippen molar-refractivity contribution in [2.45, 2.75) is 38.5 Å². The molecule has 0 aromatic heterocycles. The number of benzene rings is 2. The highest BCUT2D eigenvalue weighted by Gasteiger charge is 1.92. The highest BCUT2D eigenvalue weighted by molar-refractivity contribution is 5.15. The Bertz CT molecular complexity index is 494. The average Bonchev–Trinajstić information content (AvgIpc) is 2.62. The van der Waals surface area contributed by atoms with E-state index in [1.54, 1.807) is 0 Å². The molecular formula is C22H34N2. The summed E-state index contributed by atoms with van der Waals surface area (Å²) in [5, 5.41) is 0. The molecule has 132 valence electrons. The van der Waals surface area contributed by atoms with Gasteiger partial charge in [-0.25, -0.2) is 0 Å². The minimum absolute atomic E-state index is 0.839. The van der Waals surface area contributed by atoms with Crippen LogP contribution in [-0.2, 0) is 12.8 Å². The molecule has 0 radical (unpaired) electrons. The van der Waals surface area contributed by atoms with E-state index in [2.05, 4.69) is 79.7 Å². The molecular weight excluding hydrogens is 292 g/mol. The van der Waals surface area contributed by atoms with E-state index in [4.69, 9.17) is 5.73 Å². The van der Waals surface area contributed by atoms with Crippen LogP contribution in [0.25, 0.3) is 0 Å². The zero-order chi connectivity index (χ0) is 17.5. The van der Waals surface area contributed by atoms with Gasteiger partial charge in [0.05, 0.1) is 0 Å². The van der Waals surface area contributed by atoms with E-state index in [-0.39, 0.29) is 0 Å². The fourth-order valence-electron chi connectivity index (χ4n) is 2.47. The molecule has 2 rings (SSSR count). The molecule has 0 aliphatic heterocycles. The van der Waals surface area contributed by atoms with Gasteiger partial charge in [-0.2, -0.15) is 0 Å². The Hall–Kier alpha value is -1.64. The molecule has 0 bridgehead atoms.